The summed E-state index contributed by atoms with van der Waals surface area (Å²) in [7, 11) is 3.46. The Hall–Kier alpha value is -1.66. The van der Waals surface area contributed by atoms with Gasteiger partial charge in [-0.05, 0) is 33.0 Å². The zero-order chi connectivity index (χ0) is 14.6. The monoisotopic (exact) mass is 267 g/mol. The van der Waals surface area contributed by atoms with E-state index < -0.39 is 17.4 Å². The van der Waals surface area contributed by atoms with Crippen LogP contribution >= 0.6 is 0 Å². The minimum absolute atomic E-state index is 0.0454. The normalized spacial score (nSPS) is 11.7. The molecule has 1 aromatic heterocycles. The molecule has 6 heteroatoms. The van der Waals surface area contributed by atoms with E-state index in [1.165, 1.54) is 0 Å². The number of rotatable bonds is 5. The maximum absolute atomic E-state index is 11.8. The van der Waals surface area contributed by atoms with Crippen molar-refractivity contribution in [2.45, 2.75) is 19.4 Å². The first kappa shape index (κ1) is 15.4. The molecule has 0 saturated carbocycles. The van der Waals surface area contributed by atoms with Gasteiger partial charge in [-0.3, -0.25) is 19.8 Å². The molecule has 19 heavy (non-hydrogen) atoms. The van der Waals surface area contributed by atoms with Gasteiger partial charge in [0, 0.05) is 18.8 Å². The van der Waals surface area contributed by atoms with Gasteiger partial charge in [-0.2, -0.15) is 0 Å². The SMILES string of the molecule is CN(CC(=O)NC(=O)c1cccn1C)C(C)(C)CO. The Bertz CT molecular complexity index is 465. The molecule has 1 heterocycles. The highest BCUT2D eigenvalue weighted by molar-refractivity contribution is 6.04. The number of imide groups is 1. The van der Waals surface area contributed by atoms with E-state index in [1.54, 1.807) is 41.9 Å². The van der Waals surface area contributed by atoms with E-state index in [-0.39, 0.29) is 13.2 Å². The first-order valence-corrected chi connectivity index (χ1v) is 6.05. The van der Waals surface area contributed by atoms with Crippen molar-refractivity contribution in [1.29, 1.82) is 0 Å². The van der Waals surface area contributed by atoms with Crippen LogP contribution in [-0.2, 0) is 11.8 Å². The zero-order valence-electron chi connectivity index (χ0n) is 11.8. The smallest absolute Gasteiger partial charge is 0.274 e. The number of aliphatic hydroxyl groups excluding tert-OH is 1. The zero-order valence-corrected chi connectivity index (χ0v) is 11.8. The van der Waals surface area contributed by atoms with Crippen molar-refractivity contribution in [1.82, 2.24) is 14.8 Å². The molecule has 2 N–H and O–H groups in total. The van der Waals surface area contributed by atoms with E-state index in [9.17, 15) is 14.7 Å². The van der Waals surface area contributed by atoms with E-state index in [1.807, 2.05) is 13.8 Å². The Morgan fingerprint density at radius 2 is 2.11 bits per heavy atom. The van der Waals surface area contributed by atoms with Crippen LogP contribution in [0.2, 0.25) is 0 Å². The largest absolute Gasteiger partial charge is 0.394 e. The predicted octanol–water partition coefficient (Wildman–Crippen LogP) is -0.0158. The highest BCUT2D eigenvalue weighted by Gasteiger charge is 2.25. The number of hydrogen-bond donors (Lipinski definition) is 2. The number of hydrogen-bond acceptors (Lipinski definition) is 4. The lowest BCUT2D eigenvalue weighted by atomic mass is 10.1. The van der Waals surface area contributed by atoms with Gasteiger partial charge in [0.1, 0.15) is 5.69 Å². The van der Waals surface area contributed by atoms with Gasteiger partial charge < -0.3 is 9.67 Å². The fourth-order valence-electron chi connectivity index (χ4n) is 1.48. The number of nitrogens with one attached hydrogen (secondary N) is 1. The van der Waals surface area contributed by atoms with Crippen molar-refractivity contribution < 1.29 is 14.7 Å². The lowest BCUT2D eigenvalue weighted by molar-refractivity contribution is -0.122. The number of carbonyl (C=O) groups excluding carboxylic acids is 2. The minimum atomic E-state index is -0.509. The van der Waals surface area contributed by atoms with E-state index >= 15 is 0 Å². The van der Waals surface area contributed by atoms with Crippen LogP contribution < -0.4 is 5.32 Å². The maximum atomic E-state index is 11.8. The number of aromatic nitrogens is 1. The van der Waals surface area contributed by atoms with E-state index in [0.717, 1.165) is 0 Å². The molecule has 106 valence electrons. The summed E-state index contributed by atoms with van der Waals surface area (Å²) >= 11 is 0. The molecule has 0 spiro atoms. The van der Waals surface area contributed by atoms with Crippen LogP contribution in [-0.4, -0.2) is 52.1 Å². The summed E-state index contributed by atoms with van der Waals surface area (Å²) in [6.45, 7) is 3.62. The molecule has 0 aromatic carbocycles. The second kappa shape index (κ2) is 5.99. The van der Waals surface area contributed by atoms with Crippen molar-refractivity contribution in [3.8, 4) is 0 Å². The fourth-order valence-corrected chi connectivity index (χ4v) is 1.48. The van der Waals surface area contributed by atoms with Crippen LogP contribution in [0.4, 0.5) is 0 Å². The Morgan fingerprint density at radius 3 is 2.58 bits per heavy atom. The summed E-state index contributed by atoms with van der Waals surface area (Å²) in [4.78, 5) is 25.3. The molecular weight excluding hydrogens is 246 g/mol. The molecule has 0 atom stereocenters. The molecule has 0 unspecified atom stereocenters. The summed E-state index contributed by atoms with van der Waals surface area (Å²) < 4.78 is 1.64. The van der Waals surface area contributed by atoms with Crippen LogP contribution in [0.3, 0.4) is 0 Å². The minimum Gasteiger partial charge on any atom is -0.394 e. The molecule has 0 aliphatic carbocycles. The van der Waals surface area contributed by atoms with Crippen LogP contribution in [0.5, 0.6) is 0 Å². The number of likely N-dealkylation sites (N-methyl/N-ethyl adjacent to an activating group) is 1. The molecule has 0 radical (unpaired) electrons. The van der Waals surface area contributed by atoms with Crippen molar-refractivity contribution in [3.63, 3.8) is 0 Å². The van der Waals surface area contributed by atoms with Gasteiger partial charge >= 0.3 is 0 Å². The highest BCUT2D eigenvalue weighted by Crippen LogP contribution is 2.10. The molecule has 0 aliphatic rings. The molecule has 1 aromatic rings. The van der Waals surface area contributed by atoms with E-state index in [4.69, 9.17) is 0 Å². The van der Waals surface area contributed by atoms with Crippen molar-refractivity contribution in [2.24, 2.45) is 7.05 Å². The van der Waals surface area contributed by atoms with Crippen LogP contribution in [0.1, 0.15) is 24.3 Å². The Balaban J connectivity index is 2.57. The van der Waals surface area contributed by atoms with Gasteiger partial charge in [-0.1, -0.05) is 0 Å². The number of amides is 2. The van der Waals surface area contributed by atoms with Crippen molar-refractivity contribution >= 4 is 11.8 Å². The van der Waals surface area contributed by atoms with Crippen molar-refractivity contribution in [2.75, 3.05) is 20.2 Å². The average Bonchev–Trinajstić information content (AvgIpc) is 2.75. The van der Waals surface area contributed by atoms with Crippen LogP contribution in [0.25, 0.3) is 0 Å². The Kier molecular flexibility index (Phi) is 4.85. The first-order valence-electron chi connectivity index (χ1n) is 6.05. The third kappa shape index (κ3) is 3.90. The Morgan fingerprint density at radius 1 is 1.47 bits per heavy atom. The molecular formula is C13H21N3O3. The standard InChI is InChI=1S/C13H21N3O3/c1-13(2,9-17)16(4)8-11(18)14-12(19)10-6-5-7-15(10)3/h5-7,17H,8-9H2,1-4H3,(H,14,18,19). The summed E-state index contributed by atoms with van der Waals surface area (Å²) in [5.74, 6) is -0.817. The summed E-state index contributed by atoms with van der Waals surface area (Å²) in [5.41, 5.74) is -0.0804. The number of aliphatic hydroxyl groups is 1. The summed E-state index contributed by atoms with van der Waals surface area (Å²) in [5, 5.41) is 11.5. The van der Waals surface area contributed by atoms with E-state index in [0.29, 0.717) is 5.69 Å². The number of nitrogens with zero attached hydrogens (tertiary/aromatic N) is 2. The van der Waals surface area contributed by atoms with Gasteiger partial charge in [0.25, 0.3) is 5.91 Å². The van der Waals surface area contributed by atoms with E-state index in [2.05, 4.69) is 5.32 Å². The average molecular weight is 267 g/mol. The topological polar surface area (TPSA) is 74.6 Å². The lowest BCUT2D eigenvalue weighted by Crippen LogP contribution is -2.49. The second-order valence-electron chi connectivity index (χ2n) is 5.21. The van der Waals surface area contributed by atoms with Gasteiger partial charge in [-0.25, -0.2) is 0 Å². The molecule has 0 bridgehead atoms. The second-order valence-corrected chi connectivity index (χ2v) is 5.21. The van der Waals surface area contributed by atoms with Gasteiger partial charge in [0.2, 0.25) is 5.91 Å². The molecule has 1 rings (SSSR count). The molecule has 0 saturated heterocycles. The quantitative estimate of drug-likeness (QED) is 0.786. The summed E-state index contributed by atoms with van der Waals surface area (Å²) in [6, 6.07) is 3.38. The number of carbonyl (C=O) groups is 2. The fraction of sp³-hybridized carbons (Fsp3) is 0.538. The third-order valence-electron chi connectivity index (χ3n) is 3.23. The Labute approximate surface area is 113 Å². The van der Waals surface area contributed by atoms with Gasteiger partial charge in [0.15, 0.2) is 0 Å². The third-order valence-corrected chi connectivity index (χ3v) is 3.23. The highest BCUT2D eigenvalue weighted by atomic mass is 16.3. The predicted molar refractivity (Wildman–Crippen MR) is 71.7 cm³/mol. The maximum Gasteiger partial charge on any atom is 0.274 e. The lowest BCUT2D eigenvalue weighted by Gasteiger charge is -2.33. The van der Waals surface area contributed by atoms with Gasteiger partial charge in [0.05, 0.1) is 13.2 Å². The van der Waals surface area contributed by atoms with Gasteiger partial charge in [-0.15, -0.1) is 0 Å². The molecule has 0 aliphatic heterocycles. The number of aryl methyl sites for hydroxylation is 1. The molecule has 2 amide bonds. The first-order chi connectivity index (χ1) is 8.77. The van der Waals surface area contributed by atoms with Crippen LogP contribution in [0.15, 0.2) is 18.3 Å². The van der Waals surface area contributed by atoms with Crippen LogP contribution in [0, 0.1) is 0 Å². The molecule has 0 fully saturated rings. The summed E-state index contributed by atoms with van der Waals surface area (Å²) in [6.07, 6.45) is 1.74. The van der Waals surface area contributed by atoms with Crippen molar-refractivity contribution in [3.05, 3.63) is 24.0 Å². The molecule has 6 nitrogen and oxygen atoms in total.